The number of hydrogen-bond acceptors (Lipinski definition) is 3. The normalized spacial score (nSPS) is 20.5. The van der Waals surface area contributed by atoms with Crippen LogP contribution in [-0.4, -0.2) is 25.3 Å². The zero-order valence-electron chi connectivity index (χ0n) is 8.59. The number of rotatable bonds is 2. The number of phenolic OH excluding ortho intramolecular Hbond substituents is 1. The first kappa shape index (κ1) is 10.2. The maximum Gasteiger partial charge on any atom is 0.172 e. The fourth-order valence-corrected chi connectivity index (χ4v) is 2.02. The van der Waals surface area contributed by atoms with Gasteiger partial charge in [0, 0.05) is 18.0 Å². The Hall–Kier alpha value is -1.29. The molecule has 1 aromatic rings. The third kappa shape index (κ3) is 1.77. The lowest BCUT2D eigenvalue weighted by molar-refractivity contribution is 0.385. The number of benzene rings is 1. The van der Waals surface area contributed by atoms with Gasteiger partial charge in [-0.1, -0.05) is 0 Å². The fraction of sp³-hybridized carbons (Fsp3) is 0.455. The molecule has 82 valence electrons. The van der Waals surface area contributed by atoms with Gasteiger partial charge in [-0.15, -0.1) is 0 Å². The summed E-state index contributed by atoms with van der Waals surface area (Å²) < 4.78 is 18.9. The Morgan fingerprint density at radius 2 is 2.33 bits per heavy atom. The average molecular weight is 211 g/mol. The zero-order chi connectivity index (χ0) is 10.8. The van der Waals surface area contributed by atoms with Crippen molar-refractivity contribution in [3.63, 3.8) is 0 Å². The molecule has 1 saturated heterocycles. The van der Waals surface area contributed by atoms with Gasteiger partial charge in [0.25, 0.3) is 0 Å². The minimum Gasteiger partial charge on any atom is -0.505 e. The van der Waals surface area contributed by atoms with E-state index < -0.39 is 5.82 Å². The number of methoxy groups -OCH3 is 1. The minimum atomic E-state index is -0.553. The van der Waals surface area contributed by atoms with Crippen LogP contribution in [0.3, 0.4) is 0 Å². The molecule has 1 aliphatic heterocycles. The van der Waals surface area contributed by atoms with Gasteiger partial charge >= 0.3 is 0 Å². The van der Waals surface area contributed by atoms with E-state index in [0.717, 1.165) is 19.5 Å². The molecule has 2 rings (SSSR count). The van der Waals surface area contributed by atoms with Crippen LogP contribution < -0.4 is 10.1 Å². The van der Waals surface area contributed by atoms with Gasteiger partial charge in [-0.2, -0.15) is 0 Å². The van der Waals surface area contributed by atoms with Crippen molar-refractivity contribution < 1.29 is 14.2 Å². The minimum absolute atomic E-state index is 0.0899. The highest BCUT2D eigenvalue weighted by Crippen LogP contribution is 2.36. The highest BCUT2D eigenvalue weighted by atomic mass is 19.1. The second kappa shape index (κ2) is 4.06. The molecule has 2 N–H and O–H groups in total. The standard InChI is InChI=1S/C11H14FNO2/c1-15-9-3-2-8(14)11(12)10(9)7-4-5-13-6-7/h2-3,7,13-14H,4-6H2,1H3. The predicted octanol–water partition coefficient (Wildman–Crippen LogP) is 1.62. The molecule has 4 heteroatoms. The Morgan fingerprint density at radius 1 is 1.53 bits per heavy atom. The summed E-state index contributed by atoms with van der Waals surface area (Å²) in [5.41, 5.74) is 0.488. The number of aromatic hydroxyl groups is 1. The fourth-order valence-electron chi connectivity index (χ4n) is 2.02. The van der Waals surface area contributed by atoms with Crippen LogP contribution in [-0.2, 0) is 0 Å². The quantitative estimate of drug-likeness (QED) is 0.781. The van der Waals surface area contributed by atoms with E-state index in [9.17, 15) is 9.50 Å². The molecule has 0 radical (unpaired) electrons. The zero-order valence-corrected chi connectivity index (χ0v) is 8.59. The number of halogens is 1. The topological polar surface area (TPSA) is 41.5 Å². The first-order valence-corrected chi connectivity index (χ1v) is 5.00. The molecule has 1 heterocycles. The van der Waals surface area contributed by atoms with Gasteiger partial charge in [-0.3, -0.25) is 0 Å². The molecule has 0 amide bonds. The molecule has 1 atom stereocenters. The molecule has 3 nitrogen and oxygen atoms in total. The van der Waals surface area contributed by atoms with Crippen molar-refractivity contribution in [1.82, 2.24) is 5.32 Å². The van der Waals surface area contributed by atoms with Crippen molar-refractivity contribution >= 4 is 0 Å². The Labute approximate surface area is 87.9 Å². The van der Waals surface area contributed by atoms with Crippen LogP contribution in [0.5, 0.6) is 11.5 Å². The van der Waals surface area contributed by atoms with Gasteiger partial charge in [-0.25, -0.2) is 4.39 Å². The van der Waals surface area contributed by atoms with Gasteiger partial charge in [-0.05, 0) is 25.1 Å². The number of ether oxygens (including phenoxy) is 1. The summed E-state index contributed by atoms with van der Waals surface area (Å²) in [6.45, 7) is 1.61. The van der Waals surface area contributed by atoms with Crippen molar-refractivity contribution in [2.45, 2.75) is 12.3 Å². The van der Waals surface area contributed by atoms with Crippen LogP contribution in [0.1, 0.15) is 17.9 Å². The third-order valence-corrected chi connectivity index (χ3v) is 2.81. The predicted molar refractivity (Wildman–Crippen MR) is 54.8 cm³/mol. The van der Waals surface area contributed by atoms with Gasteiger partial charge in [0.2, 0.25) is 0 Å². The number of nitrogens with one attached hydrogen (secondary N) is 1. The smallest absolute Gasteiger partial charge is 0.172 e. The molecule has 1 aliphatic rings. The SMILES string of the molecule is COc1ccc(O)c(F)c1C1CCNC1. The van der Waals surface area contributed by atoms with Crippen LogP contribution in [0.2, 0.25) is 0 Å². The average Bonchev–Trinajstić information content (AvgIpc) is 2.75. The van der Waals surface area contributed by atoms with Gasteiger partial charge in [0.1, 0.15) is 5.75 Å². The van der Waals surface area contributed by atoms with Crippen LogP contribution in [0.15, 0.2) is 12.1 Å². The van der Waals surface area contributed by atoms with Crippen LogP contribution in [0.25, 0.3) is 0 Å². The maximum atomic E-state index is 13.7. The summed E-state index contributed by atoms with van der Waals surface area (Å²) in [6, 6.07) is 2.92. The Morgan fingerprint density at radius 3 is 2.93 bits per heavy atom. The second-order valence-electron chi connectivity index (χ2n) is 3.70. The molecule has 15 heavy (non-hydrogen) atoms. The molecule has 1 fully saturated rings. The van der Waals surface area contributed by atoms with E-state index in [4.69, 9.17) is 4.74 Å². The highest BCUT2D eigenvalue weighted by molar-refractivity contribution is 5.44. The Balaban J connectivity index is 2.45. The molecule has 0 spiro atoms. The molecular weight excluding hydrogens is 197 g/mol. The van der Waals surface area contributed by atoms with Crippen LogP contribution in [0.4, 0.5) is 4.39 Å². The van der Waals surface area contributed by atoms with Crippen molar-refractivity contribution in [2.75, 3.05) is 20.2 Å². The van der Waals surface area contributed by atoms with Crippen molar-refractivity contribution in [2.24, 2.45) is 0 Å². The summed E-state index contributed by atoms with van der Waals surface area (Å²) in [7, 11) is 1.51. The lowest BCUT2D eigenvalue weighted by atomic mass is 9.96. The van der Waals surface area contributed by atoms with Gasteiger partial charge < -0.3 is 15.2 Å². The van der Waals surface area contributed by atoms with E-state index >= 15 is 0 Å². The Kier molecular flexibility index (Phi) is 2.77. The molecule has 1 unspecified atom stereocenters. The third-order valence-electron chi connectivity index (χ3n) is 2.81. The molecule has 1 aromatic carbocycles. The highest BCUT2D eigenvalue weighted by Gasteiger charge is 2.25. The van der Waals surface area contributed by atoms with E-state index in [1.807, 2.05) is 0 Å². The molecule has 0 saturated carbocycles. The summed E-state index contributed by atoms with van der Waals surface area (Å²) in [4.78, 5) is 0. The number of phenols is 1. The second-order valence-corrected chi connectivity index (χ2v) is 3.70. The maximum absolute atomic E-state index is 13.7. The Bertz CT molecular complexity index is 362. The first-order chi connectivity index (χ1) is 7.24. The lowest BCUT2D eigenvalue weighted by Gasteiger charge is -2.15. The lowest BCUT2D eigenvalue weighted by Crippen LogP contribution is -2.10. The van der Waals surface area contributed by atoms with E-state index in [2.05, 4.69) is 5.32 Å². The summed E-state index contributed by atoms with van der Waals surface area (Å²) >= 11 is 0. The van der Waals surface area contributed by atoms with E-state index in [1.54, 1.807) is 6.07 Å². The van der Waals surface area contributed by atoms with Gasteiger partial charge in [0.15, 0.2) is 11.6 Å². The molecular formula is C11H14FNO2. The van der Waals surface area contributed by atoms with Crippen molar-refractivity contribution in [1.29, 1.82) is 0 Å². The monoisotopic (exact) mass is 211 g/mol. The summed E-state index contributed by atoms with van der Waals surface area (Å²) in [5.74, 6) is -0.258. The molecule has 0 bridgehead atoms. The van der Waals surface area contributed by atoms with Gasteiger partial charge in [0.05, 0.1) is 7.11 Å². The van der Waals surface area contributed by atoms with Crippen molar-refractivity contribution in [3.8, 4) is 11.5 Å². The number of hydrogen-bond donors (Lipinski definition) is 2. The van der Waals surface area contributed by atoms with E-state index in [0.29, 0.717) is 11.3 Å². The van der Waals surface area contributed by atoms with E-state index in [-0.39, 0.29) is 11.7 Å². The van der Waals surface area contributed by atoms with Crippen molar-refractivity contribution in [3.05, 3.63) is 23.5 Å². The largest absolute Gasteiger partial charge is 0.505 e. The molecule has 0 aliphatic carbocycles. The van der Waals surface area contributed by atoms with E-state index in [1.165, 1.54) is 13.2 Å². The van der Waals surface area contributed by atoms with Crippen LogP contribution in [0, 0.1) is 5.82 Å². The molecule has 0 aromatic heterocycles. The summed E-state index contributed by atoms with van der Waals surface area (Å²) in [6.07, 6.45) is 0.872. The first-order valence-electron chi connectivity index (χ1n) is 5.00. The summed E-state index contributed by atoms with van der Waals surface area (Å²) in [5, 5.41) is 12.5. The van der Waals surface area contributed by atoms with Crippen LogP contribution >= 0.6 is 0 Å².